The number of carbonyl (C=O) groups excluding carboxylic acids is 1. The Hall–Kier alpha value is -3.81. The molecular formula is C30H37F3N4O6. The number of benzene rings is 2. The Bertz CT molecular complexity index is 1380. The van der Waals surface area contributed by atoms with Gasteiger partial charge in [0.25, 0.3) is 0 Å². The third kappa shape index (κ3) is 7.59. The third-order valence-corrected chi connectivity index (χ3v) is 7.73. The second-order valence-electron chi connectivity index (χ2n) is 10.4. The number of fused-ring (bicyclic) bond motifs is 4. The molecular weight excluding hydrogens is 569 g/mol. The van der Waals surface area contributed by atoms with Gasteiger partial charge in [-0.3, -0.25) is 9.69 Å². The van der Waals surface area contributed by atoms with Crippen molar-refractivity contribution in [1.82, 2.24) is 20.1 Å². The van der Waals surface area contributed by atoms with Crippen LogP contribution in [0.15, 0.2) is 48.5 Å². The fourth-order valence-electron chi connectivity index (χ4n) is 5.71. The molecule has 1 atom stereocenters. The van der Waals surface area contributed by atoms with E-state index in [1.807, 2.05) is 36.4 Å². The number of hydrogen-bond donors (Lipinski definition) is 3. The van der Waals surface area contributed by atoms with Crippen molar-refractivity contribution in [3.63, 3.8) is 0 Å². The zero-order valence-corrected chi connectivity index (χ0v) is 24.2. The first-order valence-electron chi connectivity index (χ1n) is 14.0. The SMILES string of the molecule is COCCNCC(=O)N1CCc2c([nH]c3ccc(OC)cc23)C12CCN(CCOc1ccccc1)C2.O=C(O)C(F)(F)F. The molecule has 13 heteroatoms. The molecule has 1 saturated heterocycles. The van der Waals surface area contributed by atoms with E-state index in [2.05, 4.69) is 32.2 Å². The summed E-state index contributed by atoms with van der Waals surface area (Å²) in [5.74, 6) is -0.886. The number of amides is 1. The van der Waals surface area contributed by atoms with E-state index in [0.29, 0.717) is 32.8 Å². The maximum atomic E-state index is 13.5. The number of hydrogen-bond acceptors (Lipinski definition) is 7. The summed E-state index contributed by atoms with van der Waals surface area (Å²) < 4.78 is 48.3. The van der Waals surface area contributed by atoms with Crippen LogP contribution in [-0.2, 0) is 26.3 Å². The van der Waals surface area contributed by atoms with Crippen molar-refractivity contribution in [3.8, 4) is 11.5 Å². The Morgan fingerprint density at radius 2 is 1.81 bits per heavy atom. The lowest BCUT2D eigenvalue weighted by Crippen LogP contribution is -2.57. The summed E-state index contributed by atoms with van der Waals surface area (Å²) in [6.45, 7) is 5.38. The number of halogens is 3. The van der Waals surface area contributed by atoms with E-state index in [1.165, 1.54) is 16.6 Å². The van der Waals surface area contributed by atoms with Gasteiger partial charge in [-0.25, -0.2) is 4.79 Å². The number of nitrogens with zero attached hydrogens (tertiary/aromatic N) is 2. The van der Waals surface area contributed by atoms with Crippen LogP contribution in [0.2, 0.25) is 0 Å². The van der Waals surface area contributed by atoms with Gasteiger partial charge in [-0.2, -0.15) is 13.2 Å². The summed E-state index contributed by atoms with van der Waals surface area (Å²) in [6, 6.07) is 16.1. The Labute approximate surface area is 247 Å². The van der Waals surface area contributed by atoms with Gasteiger partial charge in [0.1, 0.15) is 18.1 Å². The van der Waals surface area contributed by atoms with Gasteiger partial charge in [0, 0.05) is 56.4 Å². The lowest BCUT2D eigenvalue weighted by atomic mass is 9.83. The molecule has 1 fully saturated rings. The molecule has 3 aromatic rings. The summed E-state index contributed by atoms with van der Waals surface area (Å²) in [5.41, 5.74) is 3.20. The monoisotopic (exact) mass is 606 g/mol. The van der Waals surface area contributed by atoms with E-state index in [-0.39, 0.29) is 11.4 Å². The van der Waals surface area contributed by atoms with Crippen LogP contribution >= 0.6 is 0 Å². The van der Waals surface area contributed by atoms with E-state index in [9.17, 15) is 18.0 Å². The molecule has 1 unspecified atom stereocenters. The first kappa shape index (κ1) is 32.1. The van der Waals surface area contributed by atoms with Gasteiger partial charge in [-0.15, -0.1) is 0 Å². The maximum Gasteiger partial charge on any atom is 0.490 e. The smallest absolute Gasteiger partial charge is 0.490 e. The zero-order chi connectivity index (χ0) is 31.0. The lowest BCUT2D eigenvalue weighted by molar-refractivity contribution is -0.192. The molecule has 1 amide bonds. The van der Waals surface area contributed by atoms with Crippen molar-refractivity contribution in [3.05, 3.63) is 59.8 Å². The number of rotatable bonds is 10. The maximum absolute atomic E-state index is 13.5. The van der Waals surface area contributed by atoms with Crippen LogP contribution < -0.4 is 14.8 Å². The highest BCUT2D eigenvalue weighted by Gasteiger charge is 2.50. The highest BCUT2D eigenvalue weighted by Crippen LogP contribution is 2.45. The molecule has 3 N–H and O–H groups in total. The molecule has 234 valence electrons. The molecule has 1 spiro atoms. The number of carbonyl (C=O) groups is 2. The average Bonchev–Trinajstić information content (AvgIpc) is 3.58. The third-order valence-electron chi connectivity index (χ3n) is 7.73. The molecule has 0 saturated carbocycles. The molecule has 1 aromatic heterocycles. The number of H-pyrrole nitrogens is 1. The van der Waals surface area contributed by atoms with Crippen molar-refractivity contribution >= 4 is 22.8 Å². The number of methoxy groups -OCH3 is 2. The van der Waals surface area contributed by atoms with Crippen molar-refractivity contribution in [2.75, 3.05) is 66.7 Å². The van der Waals surface area contributed by atoms with Crippen LogP contribution in [-0.4, -0.2) is 105 Å². The number of aromatic amines is 1. The van der Waals surface area contributed by atoms with E-state index < -0.39 is 12.1 Å². The first-order chi connectivity index (χ1) is 20.6. The zero-order valence-electron chi connectivity index (χ0n) is 24.2. The van der Waals surface area contributed by atoms with Gasteiger partial charge in [0.15, 0.2) is 0 Å². The molecule has 10 nitrogen and oxygen atoms in total. The number of carboxylic acids is 1. The van der Waals surface area contributed by atoms with Crippen LogP contribution in [0.1, 0.15) is 17.7 Å². The van der Waals surface area contributed by atoms with Gasteiger partial charge in [-0.05, 0) is 48.7 Å². The summed E-state index contributed by atoms with van der Waals surface area (Å²) >= 11 is 0. The summed E-state index contributed by atoms with van der Waals surface area (Å²) in [7, 11) is 3.37. The number of aromatic nitrogens is 1. The standard InChI is InChI=1S/C28H36N4O4.C2HF3O2/c1-34-16-12-29-19-26(33)32-13-10-23-24-18-22(35-2)8-9-25(24)30-27(23)28(32)11-14-31(20-28)15-17-36-21-6-4-3-5-7-21;3-2(4,5)1(6)7/h3-9,18,29-30H,10-17,19-20H2,1-2H3;(H,6,7). The van der Waals surface area contributed by atoms with E-state index in [1.54, 1.807) is 14.2 Å². The fourth-order valence-corrected chi connectivity index (χ4v) is 5.71. The molecule has 3 heterocycles. The number of aliphatic carboxylic acids is 1. The van der Waals surface area contributed by atoms with Crippen LogP contribution in [0, 0.1) is 0 Å². The number of para-hydroxylation sites is 1. The van der Waals surface area contributed by atoms with E-state index >= 15 is 0 Å². The summed E-state index contributed by atoms with van der Waals surface area (Å²) in [4.78, 5) is 30.6. The molecule has 2 aromatic carbocycles. The van der Waals surface area contributed by atoms with Gasteiger partial charge in [-0.1, -0.05) is 18.2 Å². The molecule has 0 radical (unpaired) electrons. The predicted octanol–water partition coefficient (Wildman–Crippen LogP) is 3.41. The highest BCUT2D eigenvalue weighted by molar-refractivity contribution is 5.88. The Kier molecular flexibility index (Phi) is 10.5. The van der Waals surface area contributed by atoms with Crippen molar-refractivity contribution in [2.24, 2.45) is 0 Å². The largest absolute Gasteiger partial charge is 0.497 e. The van der Waals surface area contributed by atoms with E-state index in [4.69, 9.17) is 24.1 Å². The minimum atomic E-state index is -5.08. The molecule has 5 rings (SSSR count). The van der Waals surface area contributed by atoms with Crippen molar-refractivity contribution in [1.29, 1.82) is 0 Å². The molecule has 0 bridgehead atoms. The number of likely N-dealkylation sites (tertiary alicyclic amines) is 1. The second kappa shape index (κ2) is 14.1. The number of carboxylic acid groups (broad SMARTS) is 1. The van der Waals surface area contributed by atoms with E-state index in [0.717, 1.165) is 49.5 Å². The van der Waals surface area contributed by atoms with Crippen LogP contribution in [0.25, 0.3) is 10.9 Å². The Morgan fingerprint density at radius 1 is 1.07 bits per heavy atom. The van der Waals surface area contributed by atoms with Crippen molar-refractivity contribution < 1.29 is 42.1 Å². The second-order valence-corrected chi connectivity index (χ2v) is 10.4. The Morgan fingerprint density at radius 3 is 2.49 bits per heavy atom. The summed E-state index contributed by atoms with van der Waals surface area (Å²) in [6.07, 6.45) is -3.37. The van der Waals surface area contributed by atoms with Gasteiger partial charge < -0.3 is 34.5 Å². The molecule has 2 aliphatic rings. The summed E-state index contributed by atoms with van der Waals surface area (Å²) in [5, 5.41) is 11.6. The first-order valence-corrected chi connectivity index (χ1v) is 14.0. The molecule has 0 aliphatic carbocycles. The minimum absolute atomic E-state index is 0.135. The molecule has 2 aliphatic heterocycles. The normalized spacial score (nSPS) is 18.3. The van der Waals surface area contributed by atoms with Crippen LogP contribution in [0.4, 0.5) is 13.2 Å². The fraction of sp³-hybridized carbons (Fsp3) is 0.467. The lowest BCUT2D eigenvalue weighted by Gasteiger charge is -2.45. The predicted molar refractivity (Wildman–Crippen MR) is 153 cm³/mol. The minimum Gasteiger partial charge on any atom is -0.497 e. The molecule has 43 heavy (non-hydrogen) atoms. The topological polar surface area (TPSA) is 116 Å². The number of nitrogens with one attached hydrogen (secondary N) is 2. The quantitative estimate of drug-likeness (QED) is 0.301. The van der Waals surface area contributed by atoms with Crippen molar-refractivity contribution in [2.45, 2.75) is 24.6 Å². The Balaban J connectivity index is 0.000000541. The number of alkyl halides is 3. The van der Waals surface area contributed by atoms with Gasteiger partial charge in [0.2, 0.25) is 5.91 Å². The van der Waals surface area contributed by atoms with Gasteiger partial charge >= 0.3 is 12.1 Å². The highest BCUT2D eigenvalue weighted by atomic mass is 19.4. The van der Waals surface area contributed by atoms with Crippen LogP contribution in [0.5, 0.6) is 11.5 Å². The van der Waals surface area contributed by atoms with Gasteiger partial charge in [0.05, 0.1) is 25.8 Å². The van der Waals surface area contributed by atoms with Crippen LogP contribution in [0.3, 0.4) is 0 Å². The number of ether oxygens (including phenoxy) is 3. The average molecular weight is 607 g/mol.